The summed E-state index contributed by atoms with van der Waals surface area (Å²) < 4.78 is 5.34. The number of nitrogens with one attached hydrogen (secondary N) is 3. The van der Waals surface area contributed by atoms with E-state index in [1.165, 1.54) is 19.3 Å². The van der Waals surface area contributed by atoms with Crippen LogP contribution in [0.1, 0.15) is 44.1 Å². The van der Waals surface area contributed by atoms with Crippen LogP contribution < -0.4 is 20.7 Å². The number of amides is 1. The molecule has 1 saturated carbocycles. The van der Waals surface area contributed by atoms with Crippen molar-refractivity contribution in [1.29, 1.82) is 0 Å². The highest BCUT2D eigenvalue weighted by molar-refractivity contribution is 14.0. The lowest BCUT2D eigenvalue weighted by Gasteiger charge is -2.22. The van der Waals surface area contributed by atoms with E-state index in [0.717, 1.165) is 24.2 Å². The number of nitrogens with zero attached hydrogens (tertiary/aromatic N) is 1. The van der Waals surface area contributed by atoms with Crippen LogP contribution >= 0.6 is 24.0 Å². The largest absolute Gasteiger partial charge is 0.496 e. The van der Waals surface area contributed by atoms with Crippen molar-refractivity contribution >= 4 is 35.8 Å². The molecule has 0 heterocycles. The number of methoxy groups -OCH3 is 1. The Morgan fingerprint density at radius 2 is 1.92 bits per heavy atom. The van der Waals surface area contributed by atoms with Crippen LogP contribution in [-0.2, 0) is 11.3 Å². The van der Waals surface area contributed by atoms with Crippen molar-refractivity contribution in [3.8, 4) is 5.75 Å². The molecule has 0 unspecified atom stereocenters. The van der Waals surface area contributed by atoms with E-state index in [0.29, 0.717) is 31.5 Å². The van der Waals surface area contributed by atoms with E-state index in [2.05, 4.69) is 20.9 Å². The summed E-state index contributed by atoms with van der Waals surface area (Å²) in [6.45, 7) is 1.17. The molecule has 0 bridgehead atoms. The molecule has 0 aliphatic heterocycles. The quantitative estimate of drug-likeness (QED) is 0.323. The summed E-state index contributed by atoms with van der Waals surface area (Å²) in [7, 11) is 3.39. The number of ether oxygens (including phenoxy) is 1. The van der Waals surface area contributed by atoms with E-state index in [9.17, 15) is 4.79 Å². The molecular weight excluding hydrogens is 443 g/mol. The average molecular weight is 474 g/mol. The molecule has 1 fully saturated rings. The molecule has 1 amide bonds. The second kappa shape index (κ2) is 12.8. The zero-order valence-electron chi connectivity index (χ0n) is 15.7. The number of hydrogen-bond donors (Lipinski definition) is 3. The number of aliphatic imine (C=N–C) groups is 1. The number of benzene rings is 1. The monoisotopic (exact) mass is 474 g/mol. The molecule has 0 saturated heterocycles. The van der Waals surface area contributed by atoms with Gasteiger partial charge in [0.25, 0.3) is 0 Å². The predicted octanol–water partition coefficient (Wildman–Crippen LogP) is 2.82. The van der Waals surface area contributed by atoms with Crippen LogP contribution in [0.2, 0.25) is 0 Å². The van der Waals surface area contributed by atoms with Crippen molar-refractivity contribution in [1.82, 2.24) is 16.0 Å². The van der Waals surface area contributed by atoms with Crippen molar-refractivity contribution in [2.45, 2.75) is 51.1 Å². The Kier molecular flexibility index (Phi) is 11.1. The first-order valence-corrected chi connectivity index (χ1v) is 9.08. The van der Waals surface area contributed by atoms with Gasteiger partial charge in [0.05, 0.1) is 7.11 Å². The first-order chi connectivity index (χ1) is 12.2. The lowest BCUT2D eigenvalue weighted by molar-refractivity contribution is -0.121. The van der Waals surface area contributed by atoms with Gasteiger partial charge in [-0.25, -0.2) is 0 Å². The maximum Gasteiger partial charge on any atom is 0.221 e. The van der Waals surface area contributed by atoms with Crippen molar-refractivity contribution in [2.75, 3.05) is 20.7 Å². The van der Waals surface area contributed by atoms with Gasteiger partial charge in [-0.3, -0.25) is 9.79 Å². The summed E-state index contributed by atoms with van der Waals surface area (Å²) in [5, 5.41) is 9.55. The van der Waals surface area contributed by atoms with E-state index < -0.39 is 0 Å². The number of guanidine groups is 1. The highest BCUT2D eigenvalue weighted by Crippen LogP contribution is 2.17. The molecule has 1 aromatic carbocycles. The number of carbonyl (C=O) groups excluding carboxylic acids is 1. The minimum atomic E-state index is 0. The maximum absolute atomic E-state index is 12.0. The van der Waals surface area contributed by atoms with Crippen LogP contribution in [0.3, 0.4) is 0 Å². The van der Waals surface area contributed by atoms with Gasteiger partial charge in [0.1, 0.15) is 5.75 Å². The van der Waals surface area contributed by atoms with Crippen LogP contribution in [0.25, 0.3) is 0 Å². The Labute approximate surface area is 173 Å². The minimum Gasteiger partial charge on any atom is -0.496 e. The Hall–Kier alpha value is -1.51. The Morgan fingerprint density at radius 3 is 2.62 bits per heavy atom. The summed E-state index contributed by atoms with van der Waals surface area (Å²) in [5.41, 5.74) is 1.06. The average Bonchev–Trinajstić information content (AvgIpc) is 2.65. The van der Waals surface area contributed by atoms with Gasteiger partial charge in [0, 0.05) is 38.2 Å². The minimum absolute atomic E-state index is 0. The fraction of sp³-hybridized carbons (Fsp3) is 0.579. The third-order valence-corrected chi connectivity index (χ3v) is 4.48. The molecule has 6 nitrogen and oxygen atoms in total. The van der Waals surface area contributed by atoms with Gasteiger partial charge >= 0.3 is 0 Å². The van der Waals surface area contributed by atoms with Gasteiger partial charge in [0.2, 0.25) is 5.91 Å². The normalized spacial score (nSPS) is 14.9. The first-order valence-electron chi connectivity index (χ1n) is 9.08. The van der Waals surface area contributed by atoms with Gasteiger partial charge in [-0.2, -0.15) is 0 Å². The lowest BCUT2D eigenvalue weighted by atomic mass is 9.95. The van der Waals surface area contributed by atoms with Crippen molar-refractivity contribution in [3.05, 3.63) is 29.8 Å². The standard InChI is InChI=1S/C19H30N4O2.HI/c1-20-19(22-14-15-8-6-7-11-17(15)25-2)21-13-12-18(24)23-16-9-4-3-5-10-16;/h6-8,11,16H,3-5,9-10,12-14H2,1-2H3,(H,23,24)(H2,20,21,22);1H. The van der Waals surface area contributed by atoms with Gasteiger partial charge in [0.15, 0.2) is 5.96 Å². The highest BCUT2D eigenvalue weighted by atomic mass is 127. The molecule has 0 aromatic heterocycles. The van der Waals surface area contributed by atoms with Crippen LogP contribution in [0, 0.1) is 0 Å². The van der Waals surface area contributed by atoms with E-state index in [-0.39, 0.29) is 29.9 Å². The fourth-order valence-corrected chi connectivity index (χ4v) is 3.09. The molecule has 0 spiro atoms. The van der Waals surface area contributed by atoms with E-state index in [1.807, 2.05) is 24.3 Å². The smallest absolute Gasteiger partial charge is 0.221 e. The van der Waals surface area contributed by atoms with Gasteiger partial charge in [-0.05, 0) is 18.9 Å². The predicted molar refractivity (Wildman–Crippen MR) is 116 cm³/mol. The van der Waals surface area contributed by atoms with Crippen LogP contribution in [0.5, 0.6) is 5.75 Å². The van der Waals surface area contributed by atoms with Crippen molar-refractivity contribution in [3.63, 3.8) is 0 Å². The third-order valence-electron chi connectivity index (χ3n) is 4.48. The topological polar surface area (TPSA) is 74.8 Å². The molecule has 1 aromatic rings. The van der Waals surface area contributed by atoms with Crippen LogP contribution in [0.15, 0.2) is 29.3 Å². The number of rotatable bonds is 7. The second-order valence-corrected chi connectivity index (χ2v) is 6.32. The van der Waals surface area contributed by atoms with E-state index >= 15 is 0 Å². The van der Waals surface area contributed by atoms with Gasteiger partial charge in [-0.15, -0.1) is 24.0 Å². The number of halogens is 1. The van der Waals surface area contributed by atoms with Crippen molar-refractivity contribution < 1.29 is 9.53 Å². The molecule has 26 heavy (non-hydrogen) atoms. The number of hydrogen-bond acceptors (Lipinski definition) is 3. The maximum atomic E-state index is 12.0. The second-order valence-electron chi connectivity index (χ2n) is 6.32. The van der Waals surface area contributed by atoms with Gasteiger partial charge < -0.3 is 20.7 Å². The number of para-hydroxylation sites is 1. The Morgan fingerprint density at radius 1 is 1.19 bits per heavy atom. The lowest BCUT2D eigenvalue weighted by Crippen LogP contribution is -2.41. The summed E-state index contributed by atoms with van der Waals surface area (Å²) in [6, 6.07) is 8.23. The zero-order valence-corrected chi connectivity index (χ0v) is 18.0. The zero-order chi connectivity index (χ0) is 17.9. The molecule has 1 aliphatic carbocycles. The van der Waals surface area contributed by atoms with Gasteiger partial charge in [-0.1, -0.05) is 37.5 Å². The summed E-state index contributed by atoms with van der Waals surface area (Å²) in [4.78, 5) is 16.2. The molecule has 146 valence electrons. The molecule has 0 radical (unpaired) electrons. The molecular formula is C19H31IN4O2. The molecule has 7 heteroatoms. The Balaban J connectivity index is 0.00000338. The highest BCUT2D eigenvalue weighted by Gasteiger charge is 2.15. The Bertz CT molecular complexity index is 574. The van der Waals surface area contributed by atoms with Crippen LogP contribution in [0.4, 0.5) is 0 Å². The first kappa shape index (κ1) is 22.5. The summed E-state index contributed by atoms with van der Waals surface area (Å²) in [6.07, 6.45) is 6.42. The third kappa shape index (κ3) is 7.80. The molecule has 3 N–H and O–H groups in total. The fourth-order valence-electron chi connectivity index (χ4n) is 3.09. The molecule has 1 aliphatic rings. The van der Waals surface area contributed by atoms with E-state index in [1.54, 1.807) is 14.2 Å². The number of carbonyl (C=O) groups is 1. The molecule has 0 atom stereocenters. The van der Waals surface area contributed by atoms with E-state index in [4.69, 9.17) is 4.74 Å². The summed E-state index contributed by atoms with van der Waals surface area (Å²) in [5.74, 6) is 1.63. The summed E-state index contributed by atoms with van der Waals surface area (Å²) >= 11 is 0. The molecule has 2 rings (SSSR count). The van der Waals surface area contributed by atoms with Crippen molar-refractivity contribution in [2.24, 2.45) is 4.99 Å². The SMILES string of the molecule is CN=C(NCCC(=O)NC1CCCCC1)NCc1ccccc1OC.I. The van der Waals surface area contributed by atoms with Crippen LogP contribution in [-0.4, -0.2) is 38.6 Å².